The minimum Gasteiger partial charge on any atom is -0.322 e. The zero-order valence-corrected chi connectivity index (χ0v) is 16.2. The molecule has 0 bridgehead atoms. The van der Waals surface area contributed by atoms with E-state index in [1.54, 1.807) is 0 Å². The third kappa shape index (κ3) is 3.85. The van der Waals surface area contributed by atoms with Gasteiger partial charge in [0.15, 0.2) is 0 Å². The fourth-order valence-electron chi connectivity index (χ4n) is 3.67. The van der Waals surface area contributed by atoms with Gasteiger partial charge < -0.3 is 5.73 Å². The summed E-state index contributed by atoms with van der Waals surface area (Å²) in [5.74, 6) is 0.515. The van der Waals surface area contributed by atoms with Crippen molar-refractivity contribution in [1.29, 1.82) is 0 Å². The van der Waals surface area contributed by atoms with Crippen molar-refractivity contribution in [2.24, 2.45) is 11.7 Å². The summed E-state index contributed by atoms with van der Waals surface area (Å²) in [4.78, 5) is 14.1. The first-order chi connectivity index (χ1) is 12.4. The van der Waals surface area contributed by atoms with Crippen LogP contribution in [-0.2, 0) is 5.41 Å². The molecule has 2 heterocycles. The van der Waals surface area contributed by atoms with Gasteiger partial charge in [0.1, 0.15) is 0 Å². The Morgan fingerprint density at radius 1 is 1.15 bits per heavy atom. The zero-order valence-electron chi connectivity index (χ0n) is 16.2. The van der Waals surface area contributed by atoms with Crippen LogP contribution in [0.5, 0.6) is 0 Å². The molecule has 1 aliphatic carbocycles. The first-order valence-corrected chi connectivity index (χ1v) is 9.62. The predicted octanol–water partition coefficient (Wildman–Crippen LogP) is 4.89. The number of rotatable bonds is 5. The molecule has 3 rings (SSSR count). The molecule has 138 valence electrons. The first kappa shape index (κ1) is 18.7. The Hall–Kier alpha value is -2.07. The van der Waals surface area contributed by atoms with Crippen molar-refractivity contribution in [2.45, 2.75) is 64.3 Å². The lowest BCUT2D eigenvalue weighted by Crippen LogP contribution is -2.25. The number of nitrogens with two attached hydrogens (primary N) is 1. The van der Waals surface area contributed by atoms with E-state index in [2.05, 4.69) is 36.5 Å². The molecule has 1 saturated carbocycles. The van der Waals surface area contributed by atoms with Gasteiger partial charge in [-0.2, -0.15) is 0 Å². The summed E-state index contributed by atoms with van der Waals surface area (Å²) in [6.07, 6.45) is 11.9. The standard InChI is InChI=1S/C22H30N4/c1-5-22(3,4)19-12-11-17(13-25-19)18-14-24-15(2)21(26-18)20(23)16-9-7-6-8-10-16/h5,11-14,16,20H,1,6-10,23H2,2-4H3. The summed E-state index contributed by atoms with van der Waals surface area (Å²) in [7, 11) is 0. The summed E-state index contributed by atoms with van der Waals surface area (Å²) >= 11 is 0. The number of aromatic nitrogens is 3. The predicted molar refractivity (Wildman–Crippen MR) is 107 cm³/mol. The van der Waals surface area contributed by atoms with E-state index in [9.17, 15) is 0 Å². The molecular formula is C22H30N4. The van der Waals surface area contributed by atoms with Gasteiger partial charge >= 0.3 is 0 Å². The quantitative estimate of drug-likeness (QED) is 0.780. The lowest BCUT2D eigenvalue weighted by Gasteiger charge is -2.27. The van der Waals surface area contributed by atoms with E-state index in [1.807, 2.05) is 31.5 Å². The number of hydrogen-bond donors (Lipinski definition) is 1. The highest BCUT2D eigenvalue weighted by Gasteiger charge is 2.25. The molecule has 0 radical (unpaired) electrons. The molecule has 1 atom stereocenters. The summed E-state index contributed by atoms with van der Waals surface area (Å²) in [6, 6.07) is 4.07. The van der Waals surface area contributed by atoms with Gasteiger partial charge in [-0.3, -0.25) is 9.97 Å². The number of aryl methyl sites for hydroxylation is 1. The van der Waals surface area contributed by atoms with Crippen LogP contribution in [0.4, 0.5) is 0 Å². The minimum atomic E-state index is -0.147. The highest BCUT2D eigenvalue weighted by atomic mass is 14.9. The van der Waals surface area contributed by atoms with Gasteiger partial charge in [-0.1, -0.05) is 39.2 Å². The molecule has 2 N–H and O–H groups in total. The molecule has 1 unspecified atom stereocenters. The van der Waals surface area contributed by atoms with Crippen LogP contribution in [0, 0.1) is 12.8 Å². The molecule has 0 spiro atoms. The van der Waals surface area contributed by atoms with Crippen LogP contribution >= 0.6 is 0 Å². The second-order valence-corrected chi connectivity index (χ2v) is 8.01. The fourth-order valence-corrected chi connectivity index (χ4v) is 3.67. The first-order valence-electron chi connectivity index (χ1n) is 9.62. The third-order valence-corrected chi connectivity index (χ3v) is 5.70. The van der Waals surface area contributed by atoms with E-state index in [0.29, 0.717) is 5.92 Å². The monoisotopic (exact) mass is 350 g/mol. The van der Waals surface area contributed by atoms with Gasteiger partial charge in [0.2, 0.25) is 0 Å². The van der Waals surface area contributed by atoms with E-state index in [4.69, 9.17) is 10.7 Å². The summed E-state index contributed by atoms with van der Waals surface area (Å²) in [5.41, 5.74) is 11.1. The summed E-state index contributed by atoms with van der Waals surface area (Å²) in [6.45, 7) is 10.1. The van der Waals surface area contributed by atoms with Crippen molar-refractivity contribution >= 4 is 0 Å². The average Bonchev–Trinajstić information content (AvgIpc) is 2.68. The van der Waals surface area contributed by atoms with Crippen molar-refractivity contribution in [2.75, 3.05) is 0 Å². The van der Waals surface area contributed by atoms with E-state index in [0.717, 1.165) is 28.3 Å². The second kappa shape index (κ2) is 7.67. The van der Waals surface area contributed by atoms with E-state index in [-0.39, 0.29) is 11.5 Å². The van der Waals surface area contributed by atoms with Gasteiger partial charge in [0.05, 0.1) is 29.3 Å². The van der Waals surface area contributed by atoms with Crippen LogP contribution in [0.25, 0.3) is 11.3 Å². The molecular weight excluding hydrogens is 320 g/mol. The number of allylic oxidation sites excluding steroid dienone is 1. The molecule has 0 aliphatic heterocycles. The molecule has 1 fully saturated rings. The van der Waals surface area contributed by atoms with Crippen molar-refractivity contribution < 1.29 is 0 Å². The Bertz CT molecular complexity index is 758. The van der Waals surface area contributed by atoms with Crippen molar-refractivity contribution in [3.8, 4) is 11.3 Å². The van der Waals surface area contributed by atoms with Gasteiger partial charge in [-0.25, -0.2) is 4.98 Å². The molecule has 4 heteroatoms. The molecule has 1 aliphatic rings. The Morgan fingerprint density at radius 3 is 2.50 bits per heavy atom. The largest absolute Gasteiger partial charge is 0.322 e. The third-order valence-electron chi connectivity index (χ3n) is 5.70. The van der Waals surface area contributed by atoms with Crippen LogP contribution < -0.4 is 5.73 Å². The molecule has 2 aromatic rings. The van der Waals surface area contributed by atoms with Crippen LogP contribution in [0.3, 0.4) is 0 Å². The van der Waals surface area contributed by atoms with Crippen molar-refractivity contribution in [3.05, 3.63) is 54.3 Å². The molecule has 0 saturated heterocycles. The van der Waals surface area contributed by atoms with Crippen LogP contribution in [0.1, 0.15) is 69.1 Å². The highest BCUT2D eigenvalue weighted by Crippen LogP contribution is 2.33. The van der Waals surface area contributed by atoms with E-state index < -0.39 is 0 Å². The summed E-state index contributed by atoms with van der Waals surface area (Å²) < 4.78 is 0. The van der Waals surface area contributed by atoms with Crippen LogP contribution in [0.2, 0.25) is 0 Å². The minimum absolute atomic E-state index is 0.0327. The Morgan fingerprint density at radius 2 is 1.88 bits per heavy atom. The molecule has 4 nitrogen and oxygen atoms in total. The summed E-state index contributed by atoms with van der Waals surface area (Å²) in [5, 5.41) is 0. The fraction of sp³-hybridized carbons (Fsp3) is 0.500. The SMILES string of the molecule is C=CC(C)(C)c1ccc(-c2cnc(C)c(C(N)C3CCCCC3)n2)cn1. The Labute approximate surface area is 157 Å². The Balaban J connectivity index is 1.88. The van der Waals surface area contributed by atoms with Crippen LogP contribution in [-0.4, -0.2) is 15.0 Å². The number of pyridine rings is 1. The molecule has 0 aromatic carbocycles. The Kier molecular flexibility index (Phi) is 5.52. The molecule has 2 aromatic heterocycles. The second-order valence-electron chi connectivity index (χ2n) is 8.01. The van der Waals surface area contributed by atoms with Crippen LogP contribution in [0.15, 0.2) is 37.2 Å². The van der Waals surface area contributed by atoms with Gasteiger partial charge in [0.25, 0.3) is 0 Å². The topological polar surface area (TPSA) is 64.7 Å². The number of hydrogen-bond acceptors (Lipinski definition) is 4. The zero-order chi connectivity index (χ0) is 18.7. The van der Waals surface area contributed by atoms with Crippen molar-refractivity contribution in [1.82, 2.24) is 15.0 Å². The smallest absolute Gasteiger partial charge is 0.0904 e. The lowest BCUT2D eigenvalue weighted by molar-refractivity contribution is 0.303. The molecule has 26 heavy (non-hydrogen) atoms. The number of nitrogens with zero attached hydrogens (tertiary/aromatic N) is 3. The van der Waals surface area contributed by atoms with Crippen molar-refractivity contribution in [3.63, 3.8) is 0 Å². The van der Waals surface area contributed by atoms with E-state index in [1.165, 1.54) is 32.1 Å². The highest BCUT2D eigenvalue weighted by molar-refractivity contribution is 5.57. The van der Waals surface area contributed by atoms with Gasteiger partial charge in [0, 0.05) is 22.9 Å². The lowest BCUT2D eigenvalue weighted by atomic mass is 9.82. The maximum atomic E-state index is 6.59. The van der Waals surface area contributed by atoms with Gasteiger partial charge in [-0.05, 0) is 37.8 Å². The maximum Gasteiger partial charge on any atom is 0.0904 e. The van der Waals surface area contributed by atoms with Gasteiger partial charge in [-0.15, -0.1) is 6.58 Å². The maximum absolute atomic E-state index is 6.59. The normalized spacial score (nSPS) is 17.1. The average molecular weight is 351 g/mol. The molecule has 0 amide bonds. The van der Waals surface area contributed by atoms with E-state index >= 15 is 0 Å².